The highest BCUT2D eigenvalue weighted by Crippen LogP contribution is 2.33. The highest BCUT2D eigenvalue weighted by Gasteiger charge is 2.18. The number of non-ortho nitro benzene ring substituents is 1. The van der Waals surface area contributed by atoms with Crippen molar-refractivity contribution in [3.05, 3.63) is 74.5 Å². The second-order valence-electron chi connectivity index (χ2n) is 5.90. The van der Waals surface area contributed by atoms with Crippen LogP contribution in [0.5, 0.6) is 5.75 Å². The number of halogens is 1. The normalized spacial score (nSPS) is 10.7. The van der Waals surface area contributed by atoms with Gasteiger partial charge in [0.25, 0.3) is 11.6 Å². The first kappa shape index (κ1) is 20.1. The van der Waals surface area contributed by atoms with Crippen molar-refractivity contribution in [2.45, 2.75) is 23.6 Å². The fraction of sp³-hybridized carbons (Fsp3) is 0.158. The minimum absolute atomic E-state index is 0.0359. The Morgan fingerprint density at radius 3 is 2.43 bits per heavy atom. The van der Waals surface area contributed by atoms with Crippen LogP contribution < -0.4 is 4.74 Å². The van der Waals surface area contributed by atoms with Gasteiger partial charge in [-0.25, -0.2) is 4.68 Å². The van der Waals surface area contributed by atoms with Gasteiger partial charge in [-0.15, -0.1) is 0 Å². The second-order valence-corrected chi connectivity index (χ2v) is 7.90. The van der Waals surface area contributed by atoms with Crippen molar-refractivity contribution in [2.75, 3.05) is 6.61 Å². The molecule has 3 rings (SSSR count). The Labute approximate surface area is 174 Å². The molecular weight excluding hydrogens is 446 g/mol. The van der Waals surface area contributed by atoms with Crippen molar-refractivity contribution in [1.29, 1.82) is 0 Å². The number of carbonyl (C=O) groups excluding carboxylic acids is 1. The van der Waals surface area contributed by atoms with Crippen LogP contribution in [0.4, 0.5) is 5.69 Å². The number of nitrogens with zero attached hydrogens (tertiary/aromatic N) is 3. The summed E-state index contributed by atoms with van der Waals surface area (Å²) >= 11 is 4.76. The van der Waals surface area contributed by atoms with E-state index < -0.39 is 4.92 Å². The van der Waals surface area contributed by atoms with Crippen molar-refractivity contribution >= 4 is 39.3 Å². The third kappa shape index (κ3) is 4.60. The van der Waals surface area contributed by atoms with Gasteiger partial charge in [-0.05, 0) is 50.2 Å². The van der Waals surface area contributed by atoms with Crippen molar-refractivity contribution in [1.82, 2.24) is 9.78 Å². The Morgan fingerprint density at radius 1 is 1.18 bits per heavy atom. The molecule has 0 unspecified atom stereocenters. The molecule has 0 spiro atoms. The summed E-state index contributed by atoms with van der Waals surface area (Å²) in [7, 11) is 0. The van der Waals surface area contributed by atoms with Gasteiger partial charge in [0.15, 0.2) is 6.61 Å². The molecule has 0 saturated heterocycles. The molecule has 28 heavy (non-hydrogen) atoms. The van der Waals surface area contributed by atoms with E-state index in [4.69, 9.17) is 4.74 Å². The van der Waals surface area contributed by atoms with Crippen LogP contribution in [-0.4, -0.2) is 27.2 Å². The molecule has 0 N–H and O–H groups in total. The van der Waals surface area contributed by atoms with Gasteiger partial charge < -0.3 is 4.74 Å². The number of carbonyl (C=O) groups is 1. The average molecular weight is 462 g/mol. The quantitative estimate of drug-likeness (QED) is 0.377. The number of aromatic nitrogens is 2. The molecule has 0 aliphatic rings. The number of nitro groups is 1. The van der Waals surface area contributed by atoms with E-state index in [9.17, 15) is 14.9 Å². The number of ether oxygens (including phenoxy) is 1. The lowest BCUT2D eigenvalue weighted by Gasteiger charge is -2.07. The lowest BCUT2D eigenvalue weighted by Crippen LogP contribution is -2.21. The van der Waals surface area contributed by atoms with E-state index in [-0.39, 0.29) is 18.2 Å². The molecule has 0 atom stereocenters. The molecule has 0 aliphatic carbocycles. The molecule has 144 valence electrons. The molecule has 0 radical (unpaired) electrons. The largest absolute Gasteiger partial charge is 0.484 e. The van der Waals surface area contributed by atoms with Gasteiger partial charge in [0.05, 0.1) is 21.2 Å². The Bertz CT molecular complexity index is 1020. The SMILES string of the molecule is Cc1nn(C(=O)COc2ccc(Br)cc2)c(C)c1Sc1ccc([N+](=O)[O-])cc1. The highest BCUT2D eigenvalue weighted by atomic mass is 79.9. The zero-order valence-electron chi connectivity index (χ0n) is 15.1. The standard InChI is InChI=1S/C19H16BrN3O4S/c1-12-19(28-17-9-5-15(6-10-17)23(25)26)13(2)22(21-12)18(24)11-27-16-7-3-14(20)4-8-16/h3-10H,11H2,1-2H3. The lowest BCUT2D eigenvalue weighted by molar-refractivity contribution is -0.384. The number of benzene rings is 2. The summed E-state index contributed by atoms with van der Waals surface area (Å²) < 4.78 is 7.80. The predicted molar refractivity (Wildman–Crippen MR) is 109 cm³/mol. The lowest BCUT2D eigenvalue weighted by atomic mass is 10.3. The van der Waals surface area contributed by atoms with Crippen molar-refractivity contribution in [3.63, 3.8) is 0 Å². The molecule has 7 nitrogen and oxygen atoms in total. The Balaban J connectivity index is 1.72. The predicted octanol–water partition coefficient (Wildman–Crippen LogP) is 5.04. The first-order valence-electron chi connectivity index (χ1n) is 8.25. The van der Waals surface area contributed by atoms with Gasteiger partial charge in [0.2, 0.25) is 0 Å². The van der Waals surface area contributed by atoms with E-state index in [1.54, 1.807) is 24.3 Å². The molecule has 0 amide bonds. The van der Waals surface area contributed by atoms with Crippen molar-refractivity contribution < 1.29 is 14.5 Å². The van der Waals surface area contributed by atoms with Crippen LogP contribution >= 0.6 is 27.7 Å². The average Bonchev–Trinajstić information content (AvgIpc) is 2.96. The zero-order valence-corrected chi connectivity index (χ0v) is 17.5. The first-order chi connectivity index (χ1) is 13.3. The van der Waals surface area contributed by atoms with Crippen LogP contribution in [0.1, 0.15) is 16.2 Å². The summed E-state index contributed by atoms with van der Waals surface area (Å²) in [6.45, 7) is 3.50. The van der Waals surface area contributed by atoms with Crippen LogP contribution in [-0.2, 0) is 0 Å². The minimum Gasteiger partial charge on any atom is -0.484 e. The van der Waals surface area contributed by atoms with E-state index in [1.165, 1.54) is 28.6 Å². The molecule has 3 aromatic rings. The van der Waals surface area contributed by atoms with E-state index in [1.807, 2.05) is 26.0 Å². The van der Waals surface area contributed by atoms with Crippen LogP contribution in [0.15, 0.2) is 62.8 Å². The second kappa shape index (κ2) is 8.57. The maximum absolute atomic E-state index is 12.5. The van der Waals surface area contributed by atoms with Crippen LogP contribution in [0.25, 0.3) is 0 Å². The summed E-state index contributed by atoms with van der Waals surface area (Å²) in [5, 5.41) is 15.1. The molecule has 9 heteroatoms. The van der Waals surface area contributed by atoms with E-state index in [0.29, 0.717) is 17.1 Å². The van der Waals surface area contributed by atoms with Gasteiger partial charge in [-0.3, -0.25) is 14.9 Å². The Morgan fingerprint density at radius 2 is 1.82 bits per heavy atom. The summed E-state index contributed by atoms with van der Waals surface area (Å²) in [5.41, 5.74) is 1.44. The van der Waals surface area contributed by atoms with Gasteiger partial charge in [0.1, 0.15) is 5.75 Å². The topological polar surface area (TPSA) is 87.3 Å². The van der Waals surface area contributed by atoms with Crippen LogP contribution in [0.2, 0.25) is 0 Å². The minimum atomic E-state index is -0.437. The fourth-order valence-corrected chi connectivity index (χ4v) is 3.70. The van der Waals surface area contributed by atoms with E-state index in [0.717, 1.165) is 14.3 Å². The zero-order chi connectivity index (χ0) is 20.3. The number of hydrogen-bond donors (Lipinski definition) is 0. The number of nitro benzene ring substituents is 1. The molecular formula is C19H16BrN3O4S. The van der Waals surface area contributed by atoms with Crippen LogP contribution in [0.3, 0.4) is 0 Å². The summed E-state index contributed by atoms with van der Waals surface area (Å²) in [6, 6.07) is 13.5. The summed E-state index contributed by atoms with van der Waals surface area (Å²) in [4.78, 5) is 24.5. The molecule has 0 bridgehead atoms. The maximum atomic E-state index is 12.5. The monoisotopic (exact) mass is 461 g/mol. The molecule has 0 aliphatic heterocycles. The number of hydrogen-bond acceptors (Lipinski definition) is 6. The van der Waals surface area contributed by atoms with Crippen molar-refractivity contribution in [2.24, 2.45) is 0 Å². The third-order valence-electron chi connectivity index (χ3n) is 3.90. The van der Waals surface area contributed by atoms with E-state index >= 15 is 0 Å². The molecule has 0 saturated carbocycles. The molecule has 1 heterocycles. The summed E-state index contributed by atoms with van der Waals surface area (Å²) in [6.07, 6.45) is 0. The fourth-order valence-electron chi connectivity index (χ4n) is 2.51. The Hall–Kier alpha value is -2.65. The van der Waals surface area contributed by atoms with Gasteiger partial charge in [-0.1, -0.05) is 27.7 Å². The first-order valence-corrected chi connectivity index (χ1v) is 9.86. The molecule has 2 aromatic carbocycles. The number of aryl methyl sites for hydroxylation is 1. The highest BCUT2D eigenvalue weighted by molar-refractivity contribution is 9.10. The Kier molecular flexibility index (Phi) is 6.15. The van der Waals surface area contributed by atoms with Gasteiger partial charge in [0, 0.05) is 21.5 Å². The molecule has 1 aromatic heterocycles. The van der Waals surface area contributed by atoms with Crippen LogP contribution in [0, 0.1) is 24.0 Å². The summed E-state index contributed by atoms with van der Waals surface area (Å²) in [5.74, 6) is 0.317. The van der Waals surface area contributed by atoms with Gasteiger partial charge >= 0.3 is 0 Å². The van der Waals surface area contributed by atoms with Gasteiger partial charge in [-0.2, -0.15) is 5.10 Å². The number of rotatable bonds is 6. The smallest absolute Gasteiger partial charge is 0.285 e. The maximum Gasteiger partial charge on any atom is 0.285 e. The van der Waals surface area contributed by atoms with E-state index in [2.05, 4.69) is 21.0 Å². The molecule has 0 fully saturated rings. The van der Waals surface area contributed by atoms with Crippen molar-refractivity contribution in [3.8, 4) is 5.75 Å². The third-order valence-corrected chi connectivity index (χ3v) is 5.74.